The first-order chi connectivity index (χ1) is 17.0. The van der Waals surface area contributed by atoms with Gasteiger partial charge in [-0.2, -0.15) is 0 Å². The van der Waals surface area contributed by atoms with Crippen LogP contribution in [0.25, 0.3) is 6.08 Å². The Labute approximate surface area is 208 Å². The molecule has 1 atom stereocenters. The molecule has 0 saturated carbocycles. The lowest BCUT2D eigenvalue weighted by molar-refractivity contribution is -0.129. The van der Waals surface area contributed by atoms with Crippen LogP contribution in [-0.2, 0) is 9.59 Å². The fourth-order valence-corrected chi connectivity index (χ4v) is 4.18. The van der Waals surface area contributed by atoms with Crippen LogP contribution in [0.5, 0.6) is 5.75 Å². The third-order valence-electron chi connectivity index (χ3n) is 6.31. The number of aliphatic hydroxyl groups is 1. The second kappa shape index (κ2) is 12.9. The Morgan fingerprint density at radius 3 is 2.37 bits per heavy atom. The van der Waals surface area contributed by atoms with Gasteiger partial charge >= 0.3 is 0 Å². The van der Waals surface area contributed by atoms with E-state index < -0.39 is 17.7 Å². The van der Waals surface area contributed by atoms with Crippen LogP contribution in [-0.4, -0.2) is 59.4 Å². The van der Waals surface area contributed by atoms with E-state index in [1.165, 1.54) is 6.08 Å². The van der Waals surface area contributed by atoms with E-state index in [4.69, 9.17) is 4.74 Å². The summed E-state index contributed by atoms with van der Waals surface area (Å²) < 4.78 is 5.78. The van der Waals surface area contributed by atoms with Crippen molar-refractivity contribution in [3.05, 3.63) is 83.1 Å². The lowest BCUT2D eigenvalue weighted by Gasteiger charge is -2.29. The topological polar surface area (TPSA) is 70.1 Å². The van der Waals surface area contributed by atoms with Gasteiger partial charge in [0.15, 0.2) is 11.5 Å². The van der Waals surface area contributed by atoms with Crippen LogP contribution in [0, 0.1) is 0 Å². The number of allylic oxidation sites excluding steroid dienone is 1. The highest BCUT2D eigenvalue weighted by atomic mass is 16.5. The van der Waals surface area contributed by atoms with E-state index in [0.717, 1.165) is 42.8 Å². The zero-order chi connectivity index (χ0) is 25.2. The first kappa shape index (κ1) is 26.2. The van der Waals surface area contributed by atoms with Crippen molar-refractivity contribution in [2.24, 2.45) is 0 Å². The Bertz CT molecular complexity index is 1040. The van der Waals surface area contributed by atoms with Crippen LogP contribution in [0.3, 0.4) is 0 Å². The molecule has 0 aromatic heterocycles. The number of carbonyl (C=O) groups excluding carboxylic acids is 2. The van der Waals surface area contributed by atoms with Gasteiger partial charge in [-0.25, -0.2) is 0 Å². The molecule has 6 nitrogen and oxygen atoms in total. The molecule has 186 valence electrons. The molecular formula is C29H36N2O4. The van der Waals surface area contributed by atoms with Crippen LogP contribution in [0.2, 0.25) is 0 Å². The number of hydrogen-bond donors (Lipinski definition) is 1. The number of amides is 1. The smallest absolute Gasteiger partial charge is 0.290 e. The van der Waals surface area contributed by atoms with Crippen molar-refractivity contribution in [1.82, 2.24) is 9.80 Å². The number of rotatable bonds is 13. The second-order valence-corrected chi connectivity index (χ2v) is 8.57. The van der Waals surface area contributed by atoms with Crippen molar-refractivity contribution in [2.45, 2.75) is 39.7 Å². The lowest BCUT2D eigenvalue weighted by atomic mass is 9.95. The zero-order valence-corrected chi connectivity index (χ0v) is 20.9. The van der Waals surface area contributed by atoms with Crippen LogP contribution >= 0.6 is 0 Å². The average molecular weight is 477 g/mol. The largest absolute Gasteiger partial charge is 0.503 e. The predicted molar refractivity (Wildman–Crippen MR) is 139 cm³/mol. The lowest BCUT2D eigenvalue weighted by Crippen LogP contribution is -2.38. The number of unbranched alkanes of at least 4 members (excludes halogenated alkanes) is 1. The van der Waals surface area contributed by atoms with Gasteiger partial charge in [0.05, 0.1) is 18.2 Å². The maximum atomic E-state index is 13.3. The number of carbonyl (C=O) groups is 2. The van der Waals surface area contributed by atoms with Crippen LogP contribution in [0.4, 0.5) is 0 Å². The summed E-state index contributed by atoms with van der Waals surface area (Å²) in [4.78, 5) is 30.2. The minimum atomic E-state index is -0.657. The molecule has 1 unspecified atom stereocenters. The standard InChI is InChI=1S/C29H36N2O4/c1-4-7-21-35-24-16-14-23(15-17-24)27-26(25(32)18-13-22-11-9-8-10-12-22)28(33)29(34)31(27)20-19-30(5-2)6-3/h8-18,27,33H,4-7,19-21H2,1-3H3. The Kier molecular flexibility index (Phi) is 9.67. The predicted octanol–water partition coefficient (Wildman–Crippen LogP) is 5.19. The molecule has 0 bridgehead atoms. The van der Waals surface area contributed by atoms with E-state index in [9.17, 15) is 14.7 Å². The van der Waals surface area contributed by atoms with Crippen molar-refractivity contribution in [2.75, 3.05) is 32.8 Å². The van der Waals surface area contributed by atoms with Gasteiger partial charge in [-0.15, -0.1) is 0 Å². The number of ether oxygens (including phenoxy) is 1. The summed E-state index contributed by atoms with van der Waals surface area (Å²) in [6, 6.07) is 16.3. The van der Waals surface area contributed by atoms with E-state index >= 15 is 0 Å². The van der Waals surface area contributed by atoms with Gasteiger partial charge in [0.25, 0.3) is 5.91 Å². The Hall–Kier alpha value is -3.38. The van der Waals surface area contributed by atoms with Crippen molar-refractivity contribution >= 4 is 17.8 Å². The molecule has 0 radical (unpaired) electrons. The molecular weight excluding hydrogens is 440 g/mol. The van der Waals surface area contributed by atoms with Crippen molar-refractivity contribution < 1.29 is 19.4 Å². The van der Waals surface area contributed by atoms with Gasteiger partial charge in [0.1, 0.15) is 5.75 Å². The molecule has 35 heavy (non-hydrogen) atoms. The number of ketones is 1. The molecule has 0 fully saturated rings. The average Bonchev–Trinajstić information content (AvgIpc) is 3.14. The third kappa shape index (κ3) is 6.61. The number of likely N-dealkylation sites (N-methyl/N-ethyl adjacent to an activating group) is 1. The monoisotopic (exact) mass is 476 g/mol. The summed E-state index contributed by atoms with van der Waals surface area (Å²) in [7, 11) is 0. The molecule has 2 aromatic carbocycles. The fraction of sp³-hybridized carbons (Fsp3) is 0.379. The summed E-state index contributed by atoms with van der Waals surface area (Å²) in [6.45, 7) is 9.68. The highest BCUT2D eigenvalue weighted by molar-refractivity contribution is 6.14. The molecule has 0 spiro atoms. The third-order valence-corrected chi connectivity index (χ3v) is 6.31. The van der Waals surface area contributed by atoms with E-state index in [-0.39, 0.29) is 11.4 Å². The van der Waals surface area contributed by atoms with Crippen molar-refractivity contribution in [3.63, 3.8) is 0 Å². The fourth-order valence-electron chi connectivity index (χ4n) is 4.18. The molecule has 2 aromatic rings. The number of nitrogens with zero attached hydrogens (tertiary/aromatic N) is 2. The summed E-state index contributed by atoms with van der Waals surface area (Å²) in [5, 5.41) is 10.8. The van der Waals surface area contributed by atoms with Crippen LogP contribution in [0.1, 0.15) is 50.8 Å². The molecule has 0 saturated heterocycles. The Morgan fingerprint density at radius 2 is 1.74 bits per heavy atom. The van der Waals surface area contributed by atoms with Gasteiger partial charge in [-0.3, -0.25) is 9.59 Å². The first-order valence-corrected chi connectivity index (χ1v) is 12.5. The minimum Gasteiger partial charge on any atom is -0.503 e. The highest BCUT2D eigenvalue weighted by Gasteiger charge is 2.42. The van der Waals surface area contributed by atoms with E-state index in [2.05, 4.69) is 25.7 Å². The maximum absolute atomic E-state index is 13.3. The van der Waals surface area contributed by atoms with Gasteiger partial charge in [-0.1, -0.05) is 75.7 Å². The summed E-state index contributed by atoms with van der Waals surface area (Å²) in [6.07, 6.45) is 5.15. The van der Waals surface area contributed by atoms with Gasteiger partial charge in [0.2, 0.25) is 0 Å². The number of benzene rings is 2. The summed E-state index contributed by atoms with van der Waals surface area (Å²) >= 11 is 0. The van der Waals surface area contributed by atoms with E-state index in [0.29, 0.717) is 19.7 Å². The first-order valence-electron chi connectivity index (χ1n) is 12.5. The Morgan fingerprint density at radius 1 is 1.06 bits per heavy atom. The molecule has 0 aliphatic carbocycles. The molecule has 3 rings (SSSR count). The summed E-state index contributed by atoms with van der Waals surface area (Å²) in [5.74, 6) is -0.619. The van der Waals surface area contributed by atoms with Crippen LogP contribution in [0.15, 0.2) is 72.0 Å². The molecule has 1 heterocycles. The molecule has 1 N–H and O–H groups in total. The van der Waals surface area contributed by atoms with Gasteiger partial charge in [-0.05, 0) is 48.8 Å². The normalized spacial score (nSPS) is 16.1. The van der Waals surface area contributed by atoms with E-state index in [1.54, 1.807) is 11.0 Å². The summed E-state index contributed by atoms with van der Waals surface area (Å²) in [5.41, 5.74) is 1.75. The molecule has 1 aliphatic rings. The number of aliphatic hydroxyl groups excluding tert-OH is 1. The minimum absolute atomic E-state index is 0.112. The highest BCUT2D eigenvalue weighted by Crippen LogP contribution is 2.38. The molecule has 6 heteroatoms. The molecule has 1 amide bonds. The molecule has 1 aliphatic heterocycles. The SMILES string of the molecule is CCCCOc1ccc(C2C(C(=O)C=Cc3ccccc3)=C(O)C(=O)N2CCN(CC)CC)cc1. The second-order valence-electron chi connectivity index (χ2n) is 8.57. The van der Waals surface area contributed by atoms with Crippen molar-refractivity contribution in [3.8, 4) is 5.75 Å². The maximum Gasteiger partial charge on any atom is 0.290 e. The zero-order valence-electron chi connectivity index (χ0n) is 20.9. The van der Waals surface area contributed by atoms with Gasteiger partial charge in [0, 0.05) is 13.1 Å². The van der Waals surface area contributed by atoms with Crippen molar-refractivity contribution in [1.29, 1.82) is 0 Å². The Balaban J connectivity index is 1.90. The van der Waals surface area contributed by atoms with Crippen LogP contribution < -0.4 is 4.74 Å². The quantitative estimate of drug-likeness (QED) is 0.318. The van der Waals surface area contributed by atoms with Gasteiger partial charge < -0.3 is 19.6 Å². The number of hydrogen-bond acceptors (Lipinski definition) is 5. The van der Waals surface area contributed by atoms with E-state index in [1.807, 2.05) is 54.6 Å².